The second-order valence-electron chi connectivity index (χ2n) is 13.5. The number of nitrogens with two attached hydrogens (primary N) is 1. The lowest BCUT2D eigenvalue weighted by Crippen LogP contribution is -2.59. The number of carbonyl (C=O) groups excluding carboxylic acids is 10. The first-order valence-electron chi connectivity index (χ1n) is 18.7. The SMILES string of the molecule is CCCCCCc1ccc(C(=O)N[C@H](CO)C(=O)N[C@H](C)C(=O)NCC(=O)N(C)[C@H](C(=O)N[C@@H](C)C(=O)N[C@@H](CC(N)=O)C(=O)NCC(=O)C(=O)NC)C(C)O)cc1. The van der Waals surface area contributed by atoms with Crippen molar-refractivity contribution in [3.8, 4) is 0 Å². The molecule has 21 nitrogen and oxygen atoms in total. The zero-order valence-electron chi connectivity index (χ0n) is 33.6. The first-order valence-corrected chi connectivity index (χ1v) is 18.7. The lowest BCUT2D eigenvalue weighted by atomic mass is 10.0. The Morgan fingerprint density at radius 2 is 1.31 bits per heavy atom. The molecule has 0 saturated heterocycles. The van der Waals surface area contributed by atoms with Crippen LogP contribution < -0.4 is 43.0 Å². The highest BCUT2D eigenvalue weighted by Gasteiger charge is 2.34. The maximum absolute atomic E-state index is 13.2. The third kappa shape index (κ3) is 17.0. The molecule has 0 saturated carbocycles. The number of aliphatic hydroxyl groups is 2. The van der Waals surface area contributed by atoms with Crippen LogP contribution in [0.4, 0.5) is 0 Å². The van der Waals surface area contributed by atoms with E-state index in [1.54, 1.807) is 12.1 Å². The number of ketones is 1. The largest absolute Gasteiger partial charge is 0.394 e. The number of hydrogen-bond donors (Lipinski definition) is 10. The van der Waals surface area contributed by atoms with Gasteiger partial charge in [0.1, 0.15) is 30.2 Å². The van der Waals surface area contributed by atoms with Gasteiger partial charge < -0.3 is 58.1 Å². The molecule has 1 unspecified atom stereocenters. The average Bonchev–Trinajstić information content (AvgIpc) is 3.18. The summed E-state index contributed by atoms with van der Waals surface area (Å²) in [5.74, 6) is -9.28. The van der Waals surface area contributed by atoms with Crippen LogP contribution in [-0.2, 0) is 49.6 Å². The number of Topliss-reactive ketones (excluding diaryl/α,β-unsaturated/α-hetero) is 1. The van der Waals surface area contributed by atoms with E-state index < -0.39 is 121 Å². The van der Waals surface area contributed by atoms with Crippen LogP contribution in [0.2, 0.25) is 0 Å². The average molecular weight is 820 g/mol. The Labute approximate surface area is 336 Å². The number of nitrogens with zero attached hydrogens (tertiary/aromatic N) is 1. The summed E-state index contributed by atoms with van der Waals surface area (Å²) in [6.07, 6.45) is 3.04. The molecule has 9 amide bonds. The van der Waals surface area contributed by atoms with Crippen molar-refractivity contribution in [3.05, 3.63) is 35.4 Å². The molecule has 0 heterocycles. The highest BCUT2D eigenvalue weighted by Crippen LogP contribution is 2.10. The number of aliphatic hydroxyl groups excluding tert-OH is 2. The number of aryl methyl sites for hydroxylation is 1. The number of benzene rings is 1. The first-order chi connectivity index (χ1) is 27.3. The van der Waals surface area contributed by atoms with Crippen LogP contribution in [0.15, 0.2) is 24.3 Å². The Morgan fingerprint density at radius 3 is 1.86 bits per heavy atom. The highest BCUT2D eigenvalue weighted by molar-refractivity contribution is 6.37. The van der Waals surface area contributed by atoms with Crippen LogP contribution in [0.1, 0.15) is 75.7 Å². The third-order valence-corrected chi connectivity index (χ3v) is 8.74. The van der Waals surface area contributed by atoms with Crippen molar-refractivity contribution in [1.29, 1.82) is 0 Å². The van der Waals surface area contributed by atoms with Crippen LogP contribution in [0.25, 0.3) is 0 Å². The minimum Gasteiger partial charge on any atom is -0.394 e. The summed E-state index contributed by atoms with van der Waals surface area (Å²) in [4.78, 5) is 125. The van der Waals surface area contributed by atoms with Crippen LogP contribution in [0.3, 0.4) is 0 Å². The molecule has 322 valence electrons. The fraction of sp³-hybridized carbons (Fsp3) is 0.568. The smallest absolute Gasteiger partial charge is 0.289 e. The van der Waals surface area contributed by atoms with E-state index in [1.807, 2.05) is 12.1 Å². The second kappa shape index (κ2) is 25.3. The summed E-state index contributed by atoms with van der Waals surface area (Å²) >= 11 is 0. The van der Waals surface area contributed by atoms with Crippen molar-refractivity contribution in [2.24, 2.45) is 5.73 Å². The maximum Gasteiger partial charge on any atom is 0.289 e. The number of hydrogen-bond acceptors (Lipinski definition) is 12. The van der Waals surface area contributed by atoms with Crippen molar-refractivity contribution in [3.63, 3.8) is 0 Å². The number of primary amides is 1. The predicted octanol–water partition coefficient (Wildman–Crippen LogP) is -3.98. The minimum absolute atomic E-state index is 0.267. The Hall–Kier alpha value is -5.96. The standard InChI is InChI=1S/C37H57N9O12/c1-7-8-9-10-11-23-12-14-24(15-13-23)33(54)45-26(19-47)35(56)42-20(2)31(52)41-18-29(51)46(6)30(22(4)48)37(58)43-21(3)32(53)44-25(16-28(38)50)34(55)40-17-27(49)36(57)39-5/h12-15,20-22,25-26,30,47-48H,7-11,16-19H2,1-6H3,(H2,38,50)(H,39,57)(H,40,55)(H,41,52)(H,42,56)(H,43,58)(H,44,53)(H,45,54)/t20-,21+,22?,25+,26-,30+/m1/s1. The van der Waals surface area contributed by atoms with Crippen LogP contribution in [0, 0.1) is 0 Å². The molecule has 0 fully saturated rings. The molecule has 11 N–H and O–H groups in total. The summed E-state index contributed by atoms with van der Waals surface area (Å²) < 4.78 is 0. The number of nitrogens with one attached hydrogen (secondary N) is 7. The molecule has 0 aliphatic carbocycles. The quantitative estimate of drug-likeness (QED) is 0.0334. The van der Waals surface area contributed by atoms with Gasteiger partial charge in [0.2, 0.25) is 47.1 Å². The van der Waals surface area contributed by atoms with Gasteiger partial charge in [0.15, 0.2) is 0 Å². The fourth-order valence-corrected chi connectivity index (χ4v) is 5.29. The molecule has 0 aliphatic heterocycles. The molecule has 0 aromatic heterocycles. The molecule has 1 aromatic rings. The van der Waals surface area contributed by atoms with Crippen molar-refractivity contribution >= 4 is 58.9 Å². The predicted molar refractivity (Wildman–Crippen MR) is 207 cm³/mol. The van der Waals surface area contributed by atoms with Crippen LogP contribution >= 0.6 is 0 Å². The van der Waals surface area contributed by atoms with E-state index in [0.29, 0.717) is 0 Å². The van der Waals surface area contributed by atoms with Gasteiger partial charge in [-0.1, -0.05) is 38.3 Å². The Balaban J connectivity index is 2.77. The minimum atomic E-state index is -1.60. The molecular weight excluding hydrogens is 762 g/mol. The van der Waals surface area contributed by atoms with E-state index in [1.165, 1.54) is 27.8 Å². The van der Waals surface area contributed by atoms with Gasteiger partial charge in [-0.15, -0.1) is 0 Å². The summed E-state index contributed by atoms with van der Waals surface area (Å²) in [5, 5.41) is 35.9. The van der Waals surface area contributed by atoms with Crippen molar-refractivity contribution in [1.82, 2.24) is 42.1 Å². The van der Waals surface area contributed by atoms with Gasteiger partial charge in [0.05, 0.1) is 32.2 Å². The van der Waals surface area contributed by atoms with Gasteiger partial charge in [-0.25, -0.2) is 0 Å². The Bertz CT molecular complexity index is 1640. The van der Waals surface area contributed by atoms with Crippen LogP contribution in [0.5, 0.6) is 0 Å². The number of unbranched alkanes of at least 4 members (excludes halogenated alkanes) is 3. The van der Waals surface area contributed by atoms with E-state index in [9.17, 15) is 58.2 Å². The van der Waals surface area contributed by atoms with E-state index in [-0.39, 0.29) is 5.56 Å². The van der Waals surface area contributed by atoms with E-state index >= 15 is 0 Å². The molecule has 6 atom stereocenters. The van der Waals surface area contributed by atoms with Crippen molar-refractivity contribution in [2.75, 3.05) is 33.8 Å². The fourth-order valence-electron chi connectivity index (χ4n) is 5.29. The topological polar surface area (TPSA) is 325 Å². The highest BCUT2D eigenvalue weighted by atomic mass is 16.3. The third-order valence-electron chi connectivity index (χ3n) is 8.74. The molecule has 58 heavy (non-hydrogen) atoms. The van der Waals surface area contributed by atoms with Gasteiger partial charge >= 0.3 is 0 Å². The van der Waals surface area contributed by atoms with Gasteiger partial charge in [-0.3, -0.25) is 47.9 Å². The summed E-state index contributed by atoms with van der Waals surface area (Å²) in [6, 6.07) is -0.426. The number of amides is 9. The van der Waals surface area contributed by atoms with Gasteiger partial charge in [0.25, 0.3) is 11.8 Å². The monoisotopic (exact) mass is 819 g/mol. The van der Waals surface area contributed by atoms with Crippen molar-refractivity contribution < 1.29 is 58.2 Å². The van der Waals surface area contributed by atoms with E-state index in [2.05, 4.69) is 44.1 Å². The zero-order chi connectivity index (χ0) is 44.1. The van der Waals surface area contributed by atoms with Crippen LogP contribution in [-0.4, -0.2) is 144 Å². The molecular formula is C37H57N9O12. The number of carbonyl (C=O) groups is 10. The lowest BCUT2D eigenvalue weighted by Gasteiger charge is -2.30. The van der Waals surface area contributed by atoms with Gasteiger partial charge in [0, 0.05) is 19.7 Å². The number of likely N-dealkylation sites (N-methyl/N-ethyl adjacent to an activating group) is 2. The molecule has 1 aromatic carbocycles. The molecule has 0 bridgehead atoms. The zero-order valence-corrected chi connectivity index (χ0v) is 33.6. The van der Waals surface area contributed by atoms with Gasteiger partial charge in [-0.2, -0.15) is 0 Å². The van der Waals surface area contributed by atoms with Crippen molar-refractivity contribution in [2.45, 2.75) is 103 Å². The molecule has 1 rings (SSSR count). The van der Waals surface area contributed by atoms with Gasteiger partial charge in [-0.05, 0) is 51.3 Å². The second-order valence-corrected chi connectivity index (χ2v) is 13.5. The molecule has 21 heteroatoms. The van der Waals surface area contributed by atoms with E-state index in [4.69, 9.17) is 5.73 Å². The molecule has 0 aliphatic rings. The Kier molecular flexibility index (Phi) is 21.9. The Morgan fingerprint density at radius 1 is 0.724 bits per heavy atom. The summed E-state index contributed by atoms with van der Waals surface area (Å²) in [6.45, 7) is 3.56. The first kappa shape index (κ1) is 50.1. The summed E-state index contributed by atoms with van der Waals surface area (Å²) in [5.41, 5.74) is 6.50. The maximum atomic E-state index is 13.2. The van der Waals surface area contributed by atoms with E-state index in [0.717, 1.165) is 49.6 Å². The molecule has 0 radical (unpaired) electrons. The normalized spacial score (nSPS) is 13.8. The lowest BCUT2D eigenvalue weighted by molar-refractivity contribution is -0.144. The number of rotatable bonds is 25. The molecule has 0 spiro atoms. The summed E-state index contributed by atoms with van der Waals surface area (Å²) in [7, 11) is 2.34.